The van der Waals surface area contributed by atoms with Crippen molar-refractivity contribution in [1.29, 1.82) is 0 Å². The number of carbonyl (C=O) groups is 2. The SMILES string of the molecule is CC(C)n1nccc1NC(=O)CN1C(=O)[C@@H](C)Oc2ccccc21. The van der Waals surface area contributed by atoms with E-state index in [9.17, 15) is 9.59 Å². The summed E-state index contributed by atoms with van der Waals surface area (Å²) < 4.78 is 7.29. The zero-order chi connectivity index (χ0) is 17.3. The Morgan fingerprint density at radius 3 is 2.83 bits per heavy atom. The van der Waals surface area contributed by atoms with Crippen LogP contribution in [0, 0.1) is 0 Å². The summed E-state index contributed by atoms with van der Waals surface area (Å²) in [6, 6.07) is 9.06. The van der Waals surface area contributed by atoms with Gasteiger partial charge >= 0.3 is 0 Å². The molecule has 0 aliphatic carbocycles. The Hall–Kier alpha value is -2.83. The number of carbonyl (C=O) groups excluding carboxylic acids is 2. The van der Waals surface area contributed by atoms with Gasteiger partial charge in [0.1, 0.15) is 18.1 Å². The Kier molecular flexibility index (Phi) is 4.24. The van der Waals surface area contributed by atoms with Crippen molar-refractivity contribution in [2.45, 2.75) is 32.9 Å². The number of ether oxygens (including phenoxy) is 1. The largest absolute Gasteiger partial charge is 0.479 e. The first kappa shape index (κ1) is 16.0. The molecule has 3 rings (SSSR count). The second-order valence-electron chi connectivity index (χ2n) is 5.96. The van der Waals surface area contributed by atoms with Gasteiger partial charge < -0.3 is 10.1 Å². The summed E-state index contributed by atoms with van der Waals surface area (Å²) >= 11 is 0. The average molecular weight is 328 g/mol. The van der Waals surface area contributed by atoms with Gasteiger partial charge in [-0.3, -0.25) is 14.5 Å². The molecule has 7 nitrogen and oxygen atoms in total. The summed E-state index contributed by atoms with van der Waals surface area (Å²) in [5.41, 5.74) is 0.605. The molecule has 0 bridgehead atoms. The molecule has 0 saturated heterocycles. The minimum absolute atomic E-state index is 0.0766. The lowest BCUT2D eigenvalue weighted by atomic mass is 10.2. The van der Waals surface area contributed by atoms with Crippen LogP contribution in [-0.2, 0) is 9.59 Å². The predicted octanol–water partition coefficient (Wildman–Crippen LogP) is 2.22. The minimum Gasteiger partial charge on any atom is -0.479 e. The van der Waals surface area contributed by atoms with E-state index in [1.54, 1.807) is 36.0 Å². The molecular formula is C17H20N4O3. The highest BCUT2D eigenvalue weighted by molar-refractivity contribution is 6.05. The summed E-state index contributed by atoms with van der Waals surface area (Å²) in [7, 11) is 0. The maximum Gasteiger partial charge on any atom is 0.268 e. The van der Waals surface area contributed by atoms with Gasteiger partial charge in [-0.2, -0.15) is 5.10 Å². The topological polar surface area (TPSA) is 76.5 Å². The predicted molar refractivity (Wildman–Crippen MR) is 90.1 cm³/mol. The number of nitrogens with one attached hydrogen (secondary N) is 1. The molecule has 0 fully saturated rings. The van der Waals surface area contributed by atoms with Crippen molar-refractivity contribution < 1.29 is 14.3 Å². The highest BCUT2D eigenvalue weighted by Crippen LogP contribution is 2.33. The molecule has 1 aromatic heterocycles. The fraction of sp³-hybridized carbons (Fsp3) is 0.353. The Labute approximate surface area is 140 Å². The smallest absolute Gasteiger partial charge is 0.268 e. The monoisotopic (exact) mass is 328 g/mol. The molecular weight excluding hydrogens is 308 g/mol. The Morgan fingerprint density at radius 1 is 1.33 bits per heavy atom. The molecule has 7 heteroatoms. The lowest BCUT2D eigenvalue weighted by Crippen LogP contribution is -2.47. The number of nitrogens with zero attached hydrogens (tertiary/aromatic N) is 3. The van der Waals surface area contributed by atoms with Crippen LogP contribution in [-0.4, -0.2) is 34.2 Å². The molecule has 2 aromatic rings. The van der Waals surface area contributed by atoms with Crippen LogP contribution in [0.1, 0.15) is 26.8 Å². The Morgan fingerprint density at radius 2 is 2.08 bits per heavy atom. The van der Waals surface area contributed by atoms with E-state index in [1.807, 2.05) is 26.0 Å². The maximum absolute atomic E-state index is 12.4. The van der Waals surface area contributed by atoms with Gasteiger partial charge in [0.05, 0.1) is 11.9 Å². The van der Waals surface area contributed by atoms with E-state index in [4.69, 9.17) is 4.74 Å². The number of hydrogen-bond acceptors (Lipinski definition) is 4. The van der Waals surface area contributed by atoms with Crippen molar-refractivity contribution in [3.05, 3.63) is 36.5 Å². The molecule has 126 valence electrons. The molecule has 2 amide bonds. The van der Waals surface area contributed by atoms with Crippen molar-refractivity contribution in [3.63, 3.8) is 0 Å². The number of para-hydroxylation sites is 2. The van der Waals surface area contributed by atoms with Crippen molar-refractivity contribution in [2.75, 3.05) is 16.8 Å². The third-order valence-electron chi connectivity index (χ3n) is 3.80. The van der Waals surface area contributed by atoms with Gasteiger partial charge in [-0.05, 0) is 32.9 Å². The zero-order valence-corrected chi connectivity index (χ0v) is 13.9. The molecule has 1 N–H and O–H groups in total. The lowest BCUT2D eigenvalue weighted by Gasteiger charge is -2.32. The average Bonchev–Trinajstić information content (AvgIpc) is 3.00. The zero-order valence-electron chi connectivity index (χ0n) is 13.9. The first-order chi connectivity index (χ1) is 11.5. The van der Waals surface area contributed by atoms with E-state index in [0.717, 1.165) is 0 Å². The molecule has 1 atom stereocenters. The van der Waals surface area contributed by atoms with Crippen LogP contribution in [0.2, 0.25) is 0 Å². The summed E-state index contributed by atoms with van der Waals surface area (Å²) in [6.45, 7) is 5.56. The molecule has 1 aliphatic rings. The van der Waals surface area contributed by atoms with Gasteiger partial charge in [0.25, 0.3) is 5.91 Å². The second kappa shape index (κ2) is 6.35. The normalized spacial score (nSPS) is 16.8. The number of rotatable bonds is 4. The number of anilines is 2. The maximum atomic E-state index is 12.4. The Balaban J connectivity index is 1.78. The molecule has 0 unspecified atom stereocenters. The van der Waals surface area contributed by atoms with Gasteiger partial charge in [-0.15, -0.1) is 0 Å². The van der Waals surface area contributed by atoms with E-state index < -0.39 is 6.10 Å². The highest BCUT2D eigenvalue weighted by Gasteiger charge is 2.32. The van der Waals surface area contributed by atoms with Gasteiger partial charge in [-0.25, -0.2) is 4.68 Å². The number of hydrogen-bond donors (Lipinski definition) is 1. The van der Waals surface area contributed by atoms with Crippen molar-refractivity contribution in [2.24, 2.45) is 0 Å². The fourth-order valence-electron chi connectivity index (χ4n) is 2.67. The van der Waals surface area contributed by atoms with Crippen LogP contribution in [0.3, 0.4) is 0 Å². The molecule has 24 heavy (non-hydrogen) atoms. The number of amides is 2. The highest BCUT2D eigenvalue weighted by atomic mass is 16.5. The Bertz CT molecular complexity index is 769. The molecule has 0 saturated carbocycles. The number of benzene rings is 1. The third-order valence-corrected chi connectivity index (χ3v) is 3.80. The lowest BCUT2D eigenvalue weighted by molar-refractivity contribution is -0.127. The first-order valence-corrected chi connectivity index (χ1v) is 7.88. The van der Waals surface area contributed by atoms with Crippen molar-refractivity contribution in [3.8, 4) is 5.75 Å². The van der Waals surface area contributed by atoms with E-state index in [2.05, 4.69) is 10.4 Å². The summed E-state index contributed by atoms with van der Waals surface area (Å²) in [5.74, 6) is 0.692. The van der Waals surface area contributed by atoms with Crippen LogP contribution >= 0.6 is 0 Å². The standard InChI is InChI=1S/C17H20N4O3/c1-11(2)21-15(8-9-18-21)19-16(22)10-20-13-6-4-5-7-14(13)24-12(3)17(20)23/h4-9,11-12H,10H2,1-3H3,(H,19,22)/t12-/m1/s1. The first-order valence-electron chi connectivity index (χ1n) is 7.88. The number of aromatic nitrogens is 2. The third kappa shape index (κ3) is 2.97. The second-order valence-corrected chi connectivity index (χ2v) is 5.96. The van der Waals surface area contributed by atoms with Gasteiger partial charge in [0.2, 0.25) is 5.91 Å². The van der Waals surface area contributed by atoms with Crippen LogP contribution in [0.5, 0.6) is 5.75 Å². The van der Waals surface area contributed by atoms with Crippen molar-refractivity contribution in [1.82, 2.24) is 9.78 Å². The quantitative estimate of drug-likeness (QED) is 0.933. The van der Waals surface area contributed by atoms with Crippen LogP contribution in [0.4, 0.5) is 11.5 Å². The van der Waals surface area contributed by atoms with E-state index in [-0.39, 0.29) is 24.4 Å². The van der Waals surface area contributed by atoms with Crippen LogP contribution in [0.25, 0.3) is 0 Å². The number of fused-ring (bicyclic) bond motifs is 1. The molecule has 1 aliphatic heterocycles. The summed E-state index contributed by atoms with van der Waals surface area (Å²) in [4.78, 5) is 26.3. The molecule has 2 heterocycles. The summed E-state index contributed by atoms with van der Waals surface area (Å²) in [5, 5.41) is 6.99. The van der Waals surface area contributed by atoms with Gasteiger partial charge in [0, 0.05) is 12.1 Å². The van der Waals surface area contributed by atoms with Crippen molar-refractivity contribution >= 4 is 23.3 Å². The molecule has 1 aromatic carbocycles. The van der Waals surface area contributed by atoms with E-state index in [1.165, 1.54) is 4.90 Å². The molecule has 0 radical (unpaired) electrons. The summed E-state index contributed by atoms with van der Waals surface area (Å²) in [6.07, 6.45) is 1.02. The van der Waals surface area contributed by atoms with E-state index in [0.29, 0.717) is 17.3 Å². The van der Waals surface area contributed by atoms with Gasteiger partial charge in [0.15, 0.2) is 6.10 Å². The molecule has 0 spiro atoms. The minimum atomic E-state index is -0.617. The fourth-order valence-corrected chi connectivity index (χ4v) is 2.67. The van der Waals surface area contributed by atoms with Crippen LogP contribution in [0.15, 0.2) is 36.5 Å². The van der Waals surface area contributed by atoms with E-state index >= 15 is 0 Å². The van der Waals surface area contributed by atoms with Gasteiger partial charge in [-0.1, -0.05) is 12.1 Å². The van der Waals surface area contributed by atoms with Crippen LogP contribution < -0.4 is 15.0 Å².